The fraction of sp³-hybridized carbons (Fsp3) is 0.588. The summed E-state index contributed by atoms with van der Waals surface area (Å²) in [5.74, 6) is 0.0832. The van der Waals surface area contributed by atoms with Gasteiger partial charge < -0.3 is 10.6 Å². The molecule has 6 nitrogen and oxygen atoms in total. The van der Waals surface area contributed by atoms with Gasteiger partial charge in [0, 0.05) is 16.8 Å². The van der Waals surface area contributed by atoms with E-state index >= 15 is 0 Å². The number of aryl methyl sites for hydroxylation is 4. The molecule has 2 aromatic rings. The average molecular weight is 549 g/mol. The molecule has 0 unspecified atom stereocenters. The maximum absolute atomic E-state index is 12.8. The van der Waals surface area contributed by atoms with Crippen LogP contribution in [-0.4, -0.2) is 60.9 Å². The maximum atomic E-state index is 12.8. The van der Waals surface area contributed by atoms with E-state index in [1.165, 1.54) is 30.4 Å². The van der Waals surface area contributed by atoms with Crippen LogP contribution >= 0.6 is 0 Å². The topological polar surface area (TPSA) is 64.7 Å². The largest absolute Gasteiger partial charge is 0.324 e. The second-order valence-electron chi connectivity index (χ2n) is 11.6. The normalized spacial score (nSPS) is 14.9. The summed E-state index contributed by atoms with van der Waals surface area (Å²) in [7, 11) is 0. The van der Waals surface area contributed by atoms with Gasteiger partial charge in [-0.2, -0.15) is 0 Å². The van der Waals surface area contributed by atoms with Gasteiger partial charge in [0.1, 0.15) is 0 Å². The number of rotatable bonds is 12. The summed E-state index contributed by atoms with van der Waals surface area (Å²) in [6.07, 6.45) is 5.86. The zero-order valence-corrected chi connectivity index (χ0v) is 26.3. The molecule has 0 spiro atoms. The number of benzene rings is 2. The molecule has 1 fully saturated rings. The Morgan fingerprint density at radius 1 is 0.625 bits per heavy atom. The van der Waals surface area contributed by atoms with E-state index in [1.54, 1.807) is 0 Å². The van der Waals surface area contributed by atoms with Crippen LogP contribution in [0.1, 0.15) is 93.2 Å². The van der Waals surface area contributed by atoms with Gasteiger partial charge in [-0.3, -0.25) is 19.4 Å². The molecule has 0 aromatic heterocycles. The third kappa shape index (κ3) is 7.32. The second-order valence-corrected chi connectivity index (χ2v) is 11.6. The minimum atomic E-state index is -0.0726. The van der Waals surface area contributed by atoms with Crippen molar-refractivity contribution in [3.63, 3.8) is 0 Å². The van der Waals surface area contributed by atoms with Crippen molar-refractivity contribution in [1.82, 2.24) is 9.80 Å². The molecule has 220 valence electrons. The molecule has 0 radical (unpaired) electrons. The highest BCUT2D eigenvalue weighted by Gasteiger charge is 2.37. The molecule has 2 amide bonds. The van der Waals surface area contributed by atoms with Crippen LogP contribution in [0.2, 0.25) is 0 Å². The quantitative estimate of drug-likeness (QED) is 0.309. The van der Waals surface area contributed by atoms with E-state index in [-0.39, 0.29) is 17.2 Å². The summed E-state index contributed by atoms with van der Waals surface area (Å²) < 4.78 is 0. The number of carbonyl (C=O) groups excluding carboxylic acids is 2. The van der Waals surface area contributed by atoms with Gasteiger partial charge in [0.15, 0.2) is 0 Å². The predicted octanol–water partition coefficient (Wildman–Crippen LogP) is 6.73. The van der Waals surface area contributed by atoms with Gasteiger partial charge in [0.25, 0.3) is 0 Å². The molecule has 0 saturated heterocycles. The highest BCUT2D eigenvalue weighted by Crippen LogP contribution is 2.47. The number of hydrogen-bond acceptors (Lipinski definition) is 4. The molecule has 0 heterocycles. The predicted molar refractivity (Wildman–Crippen MR) is 169 cm³/mol. The van der Waals surface area contributed by atoms with Crippen LogP contribution in [0.3, 0.4) is 0 Å². The standard InChI is InChI=1S/C34H52N4O2/c1-9-37(10-2)22-30(39)35-32-24(5)18-28(19-25(32)6)34(16-14-13-15-17-34)29-20-26(7)33(27(8)21-29)36-31(40)23-38(11-3)12-4/h18-21H,9-17,22-23H2,1-8H3,(H,35,39)(H,36,40). The molecule has 0 atom stereocenters. The Bertz CT molecular complexity index is 1040. The molecule has 3 rings (SSSR count). The van der Waals surface area contributed by atoms with E-state index in [0.717, 1.165) is 72.6 Å². The van der Waals surface area contributed by atoms with Gasteiger partial charge in [-0.15, -0.1) is 0 Å². The Morgan fingerprint density at radius 2 is 0.950 bits per heavy atom. The van der Waals surface area contributed by atoms with Gasteiger partial charge >= 0.3 is 0 Å². The molecule has 0 bridgehead atoms. The number of nitrogens with zero attached hydrogens (tertiary/aromatic N) is 2. The van der Waals surface area contributed by atoms with Crippen molar-refractivity contribution < 1.29 is 9.59 Å². The van der Waals surface area contributed by atoms with Gasteiger partial charge in [0.2, 0.25) is 11.8 Å². The number of hydrogen-bond donors (Lipinski definition) is 2. The molecule has 1 aliphatic rings. The first-order chi connectivity index (χ1) is 19.1. The summed E-state index contributed by atoms with van der Waals surface area (Å²) in [5.41, 5.74) is 8.92. The molecular weight excluding hydrogens is 496 g/mol. The molecule has 2 aromatic carbocycles. The van der Waals surface area contributed by atoms with Crippen LogP contribution in [0.25, 0.3) is 0 Å². The second kappa shape index (κ2) is 14.3. The van der Waals surface area contributed by atoms with Crippen molar-refractivity contribution in [2.24, 2.45) is 0 Å². The van der Waals surface area contributed by atoms with E-state index in [2.05, 4.69) is 100 Å². The van der Waals surface area contributed by atoms with E-state index in [0.29, 0.717) is 13.1 Å². The van der Waals surface area contributed by atoms with Crippen LogP contribution in [0.5, 0.6) is 0 Å². The smallest absolute Gasteiger partial charge is 0.238 e. The number of carbonyl (C=O) groups is 2. The van der Waals surface area contributed by atoms with Crippen LogP contribution in [0.4, 0.5) is 11.4 Å². The minimum absolute atomic E-state index is 0.0416. The van der Waals surface area contributed by atoms with Crippen molar-refractivity contribution in [3.8, 4) is 0 Å². The lowest BCUT2D eigenvalue weighted by molar-refractivity contribution is -0.118. The molecule has 0 aliphatic heterocycles. The fourth-order valence-electron chi connectivity index (χ4n) is 6.43. The van der Waals surface area contributed by atoms with E-state index in [4.69, 9.17) is 0 Å². The lowest BCUT2D eigenvalue weighted by Crippen LogP contribution is -2.34. The highest BCUT2D eigenvalue weighted by molar-refractivity contribution is 5.94. The first kappa shape index (κ1) is 31.8. The van der Waals surface area contributed by atoms with Gasteiger partial charge in [-0.1, -0.05) is 71.2 Å². The summed E-state index contributed by atoms with van der Waals surface area (Å²) in [4.78, 5) is 29.9. The average Bonchev–Trinajstić information content (AvgIpc) is 2.94. The van der Waals surface area contributed by atoms with E-state index < -0.39 is 0 Å². The van der Waals surface area contributed by atoms with Crippen LogP contribution in [0.15, 0.2) is 24.3 Å². The van der Waals surface area contributed by atoms with E-state index in [1.807, 2.05) is 0 Å². The molecule has 6 heteroatoms. The highest BCUT2D eigenvalue weighted by atomic mass is 16.2. The lowest BCUT2D eigenvalue weighted by Gasteiger charge is -2.40. The van der Waals surface area contributed by atoms with E-state index in [9.17, 15) is 9.59 Å². The monoisotopic (exact) mass is 548 g/mol. The molecular formula is C34H52N4O2. The third-order valence-corrected chi connectivity index (χ3v) is 8.93. The maximum Gasteiger partial charge on any atom is 0.238 e. The van der Waals surface area contributed by atoms with Gasteiger partial charge in [-0.05, 0) is 100 Å². The van der Waals surface area contributed by atoms with Crippen molar-refractivity contribution in [2.45, 2.75) is 92.9 Å². The Hall–Kier alpha value is -2.70. The Kier molecular flexibility index (Phi) is 11.4. The Morgan fingerprint density at radius 3 is 1.25 bits per heavy atom. The first-order valence-corrected chi connectivity index (χ1v) is 15.4. The zero-order chi connectivity index (χ0) is 29.4. The molecule has 1 saturated carbocycles. The van der Waals surface area contributed by atoms with Gasteiger partial charge in [0.05, 0.1) is 13.1 Å². The number of amides is 2. The SMILES string of the molecule is CCN(CC)CC(=O)Nc1c(C)cc(C2(c3cc(C)c(NC(=O)CN(CC)CC)c(C)c3)CCCCC2)cc1C. The van der Waals surface area contributed by atoms with Crippen LogP contribution < -0.4 is 10.6 Å². The molecule has 1 aliphatic carbocycles. The Labute approximate surface area is 242 Å². The van der Waals surface area contributed by atoms with Crippen molar-refractivity contribution in [3.05, 3.63) is 57.6 Å². The number of likely N-dealkylation sites (N-methyl/N-ethyl adjacent to an activating group) is 2. The Balaban J connectivity index is 1.95. The number of nitrogens with one attached hydrogen (secondary N) is 2. The van der Waals surface area contributed by atoms with Crippen LogP contribution in [0, 0.1) is 27.7 Å². The summed E-state index contributed by atoms with van der Waals surface area (Å²) in [6.45, 7) is 21.1. The summed E-state index contributed by atoms with van der Waals surface area (Å²) in [6, 6.07) is 9.21. The summed E-state index contributed by atoms with van der Waals surface area (Å²) >= 11 is 0. The summed E-state index contributed by atoms with van der Waals surface area (Å²) in [5, 5.41) is 6.40. The minimum Gasteiger partial charge on any atom is -0.324 e. The first-order valence-electron chi connectivity index (χ1n) is 15.4. The van der Waals surface area contributed by atoms with Gasteiger partial charge in [-0.25, -0.2) is 0 Å². The van der Waals surface area contributed by atoms with Crippen molar-refractivity contribution in [1.29, 1.82) is 0 Å². The molecule has 40 heavy (non-hydrogen) atoms. The van der Waals surface area contributed by atoms with Crippen molar-refractivity contribution >= 4 is 23.2 Å². The zero-order valence-electron chi connectivity index (χ0n) is 26.3. The van der Waals surface area contributed by atoms with Crippen LogP contribution in [-0.2, 0) is 15.0 Å². The number of anilines is 2. The lowest BCUT2D eigenvalue weighted by atomic mass is 9.64. The fourth-order valence-corrected chi connectivity index (χ4v) is 6.43. The molecule has 2 N–H and O–H groups in total. The van der Waals surface area contributed by atoms with Crippen molar-refractivity contribution in [2.75, 3.05) is 49.9 Å². The third-order valence-electron chi connectivity index (χ3n) is 8.93.